The first kappa shape index (κ1) is 10.9. The van der Waals surface area contributed by atoms with Gasteiger partial charge in [-0.15, -0.1) is 0 Å². The molecule has 0 aliphatic rings. The maximum Gasteiger partial charge on any atom is 0.118 e. The van der Waals surface area contributed by atoms with E-state index in [-0.39, 0.29) is 0 Å². The molecular weight excluding hydrogens is 296 g/mol. The lowest BCUT2D eigenvalue weighted by molar-refractivity contribution is 1.02. The van der Waals surface area contributed by atoms with Crippen LogP contribution >= 0.6 is 39.3 Å². The minimum absolute atomic E-state index is 0.727. The first-order valence-corrected chi connectivity index (χ1v) is 6.13. The van der Waals surface area contributed by atoms with Gasteiger partial charge in [0.15, 0.2) is 0 Å². The van der Waals surface area contributed by atoms with E-state index in [0.29, 0.717) is 0 Å². The Labute approximate surface area is 105 Å². The van der Waals surface area contributed by atoms with E-state index in [0.717, 1.165) is 19.4 Å². The monoisotopic (exact) mass is 300 g/mol. The van der Waals surface area contributed by atoms with Crippen LogP contribution in [0.1, 0.15) is 0 Å². The van der Waals surface area contributed by atoms with Crippen molar-refractivity contribution in [1.29, 1.82) is 0 Å². The van der Waals surface area contributed by atoms with Crippen molar-refractivity contribution in [2.45, 2.75) is 9.92 Å². The number of benzene rings is 1. The van der Waals surface area contributed by atoms with Crippen LogP contribution in [0.4, 0.5) is 0 Å². The predicted molar refractivity (Wildman–Crippen MR) is 65.3 cm³/mol. The lowest BCUT2D eigenvalue weighted by Gasteiger charge is -2.02. The Morgan fingerprint density at radius 2 is 2.20 bits per heavy atom. The van der Waals surface area contributed by atoms with Crippen LogP contribution < -0.4 is 0 Å². The quantitative estimate of drug-likeness (QED) is 0.783. The van der Waals surface area contributed by atoms with Gasteiger partial charge < -0.3 is 0 Å². The van der Waals surface area contributed by atoms with Crippen molar-refractivity contribution in [2.75, 3.05) is 0 Å². The molecule has 5 heteroatoms. The Balaban J connectivity index is 2.26. The first-order valence-electron chi connectivity index (χ1n) is 4.14. The van der Waals surface area contributed by atoms with Gasteiger partial charge in [-0.1, -0.05) is 29.4 Å². The summed E-state index contributed by atoms with van der Waals surface area (Å²) in [5, 5.41) is 1.61. The molecule has 0 amide bonds. The Kier molecular flexibility index (Phi) is 3.61. The normalized spacial score (nSPS) is 10.3. The van der Waals surface area contributed by atoms with Gasteiger partial charge in [0.2, 0.25) is 0 Å². The highest BCUT2D eigenvalue weighted by atomic mass is 79.9. The van der Waals surface area contributed by atoms with Crippen LogP contribution in [0, 0.1) is 0 Å². The van der Waals surface area contributed by atoms with Crippen molar-refractivity contribution >= 4 is 39.3 Å². The summed E-state index contributed by atoms with van der Waals surface area (Å²) in [6.07, 6.45) is 3.25. The van der Waals surface area contributed by atoms with E-state index in [1.807, 2.05) is 24.3 Å². The van der Waals surface area contributed by atoms with Gasteiger partial charge in [-0.25, -0.2) is 9.97 Å². The van der Waals surface area contributed by atoms with E-state index in [1.54, 1.807) is 18.0 Å². The van der Waals surface area contributed by atoms with Crippen molar-refractivity contribution in [1.82, 2.24) is 9.97 Å². The molecule has 2 aromatic rings. The summed E-state index contributed by atoms with van der Waals surface area (Å²) in [7, 11) is 0. The van der Waals surface area contributed by atoms with Gasteiger partial charge in [0.25, 0.3) is 0 Å². The third-order valence-corrected chi connectivity index (χ3v) is 3.73. The lowest BCUT2D eigenvalue weighted by Crippen LogP contribution is -1.83. The highest BCUT2D eigenvalue weighted by Gasteiger charge is 2.03. The molecule has 76 valence electrons. The minimum atomic E-state index is 0.727. The van der Waals surface area contributed by atoms with Crippen LogP contribution in [0.2, 0.25) is 5.02 Å². The van der Waals surface area contributed by atoms with Gasteiger partial charge in [-0.2, -0.15) is 0 Å². The average molecular weight is 302 g/mol. The van der Waals surface area contributed by atoms with Crippen molar-refractivity contribution in [3.8, 4) is 0 Å². The molecule has 0 N–H and O–H groups in total. The van der Waals surface area contributed by atoms with Gasteiger partial charge in [0.05, 0.1) is 4.47 Å². The van der Waals surface area contributed by atoms with Gasteiger partial charge in [-0.3, -0.25) is 0 Å². The molecule has 0 unspecified atom stereocenters. The van der Waals surface area contributed by atoms with Gasteiger partial charge in [0.1, 0.15) is 11.4 Å². The maximum absolute atomic E-state index is 5.89. The van der Waals surface area contributed by atoms with Gasteiger partial charge in [0, 0.05) is 16.1 Å². The molecule has 0 saturated carbocycles. The second-order valence-corrected chi connectivity index (χ2v) is 5.09. The van der Waals surface area contributed by atoms with Crippen LogP contribution in [0.3, 0.4) is 0 Å². The fourth-order valence-corrected chi connectivity index (χ4v) is 2.54. The Morgan fingerprint density at radius 1 is 1.33 bits per heavy atom. The standard InChI is InChI=1S/C10H6BrClN2S/c11-9-5-13-6-14-10(9)15-8-3-1-2-7(12)4-8/h1-6H. The zero-order valence-corrected chi connectivity index (χ0v) is 10.7. The smallest absolute Gasteiger partial charge is 0.118 e. The number of hydrogen-bond acceptors (Lipinski definition) is 3. The Bertz CT molecular complexity index is 478. The highest BCUT2D eigenvalue weighted by molar-refractivity contribution is 9.10. The predicted octanol–water partition coefficient (Wildman–Crippen LogP) is 4.04. The van der Waals surface area contributed by atoms with Crippen molar-refractivity contribution in [3.63, 3.8) is 0 Å². The third-order valence-electron chi connectivity index (χ3n) is 1.64. The number of aromatic nitrogens is 2. The van der Waals surface area contributed by atoms with Gasteiger partial charge in [-0.05, 0) is 34.1 Å². The van der Waals surface area contributed by atoms with Crippen LogP contribution in [-0.2, 0) is 0 Å². The zero-order valence-electron chi connectivity index (χ0n) is 7.52. The van der Waals surface area contributed by atoms with Gasteiger partial charge >= 0.3 is 0 Å². The van der Waals surface area contributed by atoms with E-state index in [9.17, 15) is 0 Å². The summed E-state index contributed by atoms with van der Waals surface area (Å²) in [6, 6.07) is 7.66. The molecule has 0 aliphatic heterocycles. The Morgan fingerprint density at radius 3 is 2.93 bits per heavy atom. The number of halogens is 2. The number of hydrogen-bond donors (Lipinski definition) is 0. The summed E-state index contributed by atoms with van der Waals surface area (Å²) < 4.78 is 0.884. The van der Waals surface area contributed by atoms with E-state index in [2.05, 4.69) is 25.9 Å². The summed E-state index contributed by atoms with van der Waals surface area (Å²) in [5.74, 6) is 0. The van der Waals surface area contributed by atoms with E-state index in [1.165, 1.54) is 6.33 Å². The van der Waals surface area contributed by atoms with E-state index < -0.39 is 0 Å². The first-order chi connectivity index (χ1) is 7.25. The molecule has 1 aromatic heterocycles. The SMILES string of the molecule is Clc1cccc(Sc2ncncc2Br)c1. The molecule has 0 spiro atoms. The summed E-state index contributed by atoms with van der Waals surface area (Å²) in [5.41, 5.74) is 0. The molecule has 1 heterocycles. The largest absolute Gasteiger partial charge is 0.244 e. The molecule has 0 atom stereocenters. The highest BCUT2D eigenvalue weighted by Crippen LogP contribution is 2.31. The second-order valence-electron chi connectivity index (χ2n) is 2.74. The maximum atomic E-state index is 5.89. The Hall–Kier alpha value is -0.580. The molecule has 0 fully saturated rings. The topological polar surface area (TPSA) is 25.8 Å². The number of nitrogens with zero attached hydrogens (tertiary/aromatic N) is 2. The van der Waals surface area contributed by atoms with Crippen molar-refractivity contribution in [3.05, 3.63) is 46.3 Å². The summed E-state index contributed by atoms with van der Waals surface area (Å²) >= 11 is 10.8. The zero-order chi connectivity index (χ0) is 10.7. The second kappa shape index (κ2) is 4.96. The van der Waals surface area contributed by atoms with E-state index >= 15 is 0 Å². The minimum Gasteiger partial charge on any atom is -0.244 e. The molecule has 2 rings (SSSR count). The number of rotatable bonds is 2. The molecule has 0 radical (unpaired) electrons. The van der Waals surface area contributed by atoms with Crippen molar-refractivity contribution in [2.24, 2.45) is 0 Å². The van der Waals surface area contributed by atoms with Crippen LogP contribution in [0.5, 0.6) is 0 Å². The lowest BCUT2D eigenvalue weighted by atomic mass is 10.4. The molecule has 0 bridgehead atoms. The molecular formula is C10H6BrClN2S. The summed E-state index contributed by atoms with van der Waals surface area (Å²) in [6.45, 7) is 0. The molecule has 0 saturated heterocycles. The van der Waals surface area contributed by atoms with Crippen LogP contribution in [0.25, 0.3) is 0 Å². The molecule has 15 heavy (non-hydrogen) atoms. The average Bonchev–Trinajstić information content (AvgIpc) is 2.22. The fraction of sp³-hybridized carbons (Fsp3) is 0. The summed E-state index contributed by atoms with van der Waals surface area (Å²) in [4.78, 5) is 9.13. The molecule has 2 nitrogen and oxygen atoms in total. The third kappa shape index (κ3) is 2.93. The van der Waals surface area contributed by atoms with Crippen LogP contribution in [0.15, 0.2) is 51.2 Å². The van der Waals surface area contributed by atoms with Crippen molar-refractivity contribution < 1.29 is 0 Å². The fourth-order valence-electron chi connectivity index (χ4n) is 1.02. The molecule has 0 aliphatic carbocycles. The van der Waals surface area contributed by atoms with Crippen LogP contribution in [-0.4, -0.2) is 9.97 Å². The molecule has 1 aromatic carbocycles. The van der Waals surface area contributed by atoms with E-state index in [4.69, 9.17) is 11.6 Å².